The summed E-state index contributed by atoms with van der Waals surface area (Å²) in [5.74, 6) is 0.904. The molecule has 1 unspecified atom stereocenters. The van der Waals surface area contributed by atoms with Crippen LogP contribution in [0.4, 0.5) is 0 Å². The van der Waals surface area contributed by atoms with Gasteiger partial charge in [-0.15, -0.1) is 0 Å². The predicted molar refractivity (Wildman–Crippen MR) is 102 cm³/mol. The van der Waals surface area contributed by atoms with Crippen molar-refractivity contribution < 1.29 is 4.74 Å². The summed E-state index contributed by atoms with van der Waals surface area (Å²) in [4.78, 5) is 0. The van der Waals surface area contributed by atoms with Crippen molar-refractivity contribution in [2.24, 2.45) is 5.10 Å². The van der Waals surface area contributed by atoms with E-state index >= 15 is 0 Å². The Hall–Kier alpha value is -2.33. The Morgan fingerprint density at radius 1 is 1.00 bits per heavy atom. The van der Waals surface area contributed by atoms with Gasteiger partial charge in [0.2, 0.25) is 0 Å². The lowest BCUT2D eigenvalue weighted by Gasteiger charge is -2.15. The van der Waals surface area contributed by atoms with Crippen molar-refractivity contribution in [1.82, 2.24) is 5.43 Å². The van der Waals surface area contributed by atoms with Crippen LogP contribution in [0.15, 0.2) is 70.2 Å². The van der Waals surface area contributed by atoms with Crippen LogP contribution < -0.4 is 10.2 Å². The molecule has 0 radical (unpaired) electrons. The summed E-state index contributed by atoms with van der Waals surface area (Å²) in [6, 6.07) is 21.0. The fourth-order valence-electron chi connectivity index (χ4n) is 3.22. The van der Waals surface area contributed by atoms with Crippen molar-refractivity contribution in [3.8, 4) is 5.75 Å². The maximum absolute atomic E-state index is 5.49. The summed E-state index contributed by atoms with van der Waals surface area (Å²) in [7, 11) is 1.71. The van der Waals surface area contributed by atoms with E-state index in [-0.39, 0.29) is 6.04 Å². The first-order valence-electron chi connectivity index (χ1n) is 7.90. The third-order valence-electron chi connectivity index (χ3n) is 4.44. The summed E-state index contributed by atoms with van der Waals surface area (Å²) in [5.41, 5.74) is 6.80. The van der Waals surface area contributed by atoms with E-state index in [9.17, 15) is 0 Å². The van der Waals surface area contributed by atoms with Gasteiger partial charge in [0.25, 0.3) is 0 Å². The molecule has 0 saturated heterocycles. The van der Waals surface area contributed by atoms with E-state index in [0.717, 1.165) is 33.3 Å². The smallest absolute Gasteiger partial charge is 0.126 e. The number of benzene rings is 3. The Kier molecular flexibility index (Phi) is 3.98. The number of fused-ring (bicyclic) bond motifs is 1. The molecule has 0 fully saturated rings. The second kappa shape index (κ2) is 6.29. The van der Waals surface area contributed by atoms with E-state index in [4.69, 9.17) is 4.74 Å². The topological polar surface area (TPSA) is 33.6 Å². The minimum Gasteiger partial charge on any atom is -0.496 e. The molecule has 0 saturated carbocycles. The molecule has 0 aliphatic carbocycles. The van der Waals surface area contributed by atoms with Gasteiger partial charge in [-0.3, -0.25) is 0 Å². The van der Waals surface area contributed by atoms with Gasteiger partial charge in [0, 0.05) is 16.3 Å². The molecule has 1 N–H and O–H groups in total. The average molecular weight is 381 g/mol. The molecular weight excluding hydrogens is 364 g/mol. The minimum absolute atomic E-state index is 0.180. The number of nitrogens with one attached hydrogen (secondary N) is 1. The number of methoxy groups -OCH3 is 1. The number of ether oxygens (including phenoxy) is 1. The summed E-state index contributed by atoms with van der Waals surface area (Å²) in [6.45, 7) is 0. The highest BCUT2D eigenvalue weighted by molar-refractivity contribution is 9.10. The molecule has 1 aliphatic rings. The first-order chi connectivity index (χ1) is 11.8. The molecule has 1 heterocycles. The van der Waals surface area contributed by atoms with E-state index in [1.54, 1.807) is 7.11 Å². The van der Waals surface area contributed by atoms with E-state index in [1.165, 1.54) is 10.9 Å². The summed E-state index contributed by atoms with van der Waals surface area (Å²) < 4.78 is 6.57. The lowest BCUT2D eigenvalue weighted by atomic mass is 9.94. The van der Waals surface area contributed by atoms with Crippen molar-refractivity contribution in [3.05, 3.63) is 76.3 Å². The van der Waals surface area contributed by atoms with Gasteiger partial charge in [-0.25, -0.2) is 0 Å². The Morgan fingerprint density at radius 3 is 2.50 bits per heavy atom. The van der Waals surface area contributed by atoms with Crippen LogP contribution >= 0.6 is 15.9 Å². The Bertz CT molecular complexity index is 919. The number of hydrogen-bond donors (Lipinski definition) is 1. The first-order valence-corrected chi connectivity index (χ1v) is 8.69. The molecule has 3 aromatic rings. The Labute approximate surface area is 149 Å². The zero-order chi connectivity index (χ0) is 16.5. The molecule has 4 heteroatoms. The Morgan fingerprint density at radius 2 is 1.75 bits per heavy atom. The largest absolute Gasteiger partial charge is 0.496 e. The van der Waals surface area contributed by atoms with Gasteiger partial charge in [-0.05, 0) is 34.7 Å². The molecular formula is C20H17BrN2O. The van der Waals surface area contributed by atoms with Crippen LogP contribution in [0, 0.1) is 0 Å². The normalized spacial score (nSPS) is 16.8. The van der Waals surface area contributed by atoms with Crippen molar-refractivity contribution in [2.45, 2.75) is 12.5 Å². The van der Waals surface area contributed by atoms with Gasteiger partial charge in [0.15, 0.2) is 0 Å². The van der Waals surface area contributed by atoms with Crippen LogP contribution in [0.3, 0.4) is 0 Å². The second-order valence-corrected chi connectivity index (χ2v) is 6.77. The molecule has 0 spiro atoms. The predicted octanol–water partition coefficient (Wildman–Crippen LogP) is 5.05. The monoisotopic (exact) mass is 380 g/mol. The van der Waals surface area contributed by atoms with Crippen LogP contribution in [0.1, 0.15) is 23.6 Å². The number of hydrazone groups is 1. The third kappa shape index (κ3) is 2.67. The second-order valence-electron chi connectivity index (χ2n) is 5.85. The highest BCUT2D eigenvalue weighted by Gasteiger charge is 2.23. The van der Waals surface area contributed by atoms with Gasteiger partial charge in [-0.2, -0.15) is 5.10 Å². The third-order valence-corrected chi connectivity index (χ3v) is 4.97. The maximum Gasteiger partial charge on any atom is 0.126 e. The fourth-order valence-corrected chi connectivity index (χ4v) is 3.49. The van der Waals surface area contributed by atoms with Gasteiger partial charge in [0.1, 0.15) is 5.75 Å². The average Bonchev–Trinajstić information content (AvgIpc) is 3.11. The molecule has 3 nitrogen and oxygen atoms in total. The first kappa shape index (κ1) is 15.2. The molecule has 1 aliphatic heterocycles. The quantitative estimate of drug-likeness (QED) is 0.689. The lowest BCUT2D eigenvalue weighted by Crippen LogP contribution is -2.10. The van der Waals surface area contributed by atoms with Crippen molar-refractivity contribution in [3.63, 3.8) is 0 Å². The van der Waals surface area contributed by atoms with E-state index in [0.29, 0.717) is 0 Å². The molecule has 0 aromatic heterocycles. The molecule has 3 aromatic carbocycles. The van der Waals surface area contributed by atoms with E-state index < -0.39 is 0 Å². The van der Waals surface area contributed by atoms with Crippen molar-refractivity contribution >= 4 is 32.4 Å². The fraction of sp³-hybridized carbons (Fsp3) is 0.150. The molecule has 4 rings (SSSR count). The highest BCUT2D eigenvalue weighted by Crippen LogP contribution is 2.34. The molecule has 24 heavy (non-hydrogen) atoms. The Balaban J connectivity index is 1.67. The van der Waals surface area contributed by atoms with Crippen LogP contribution in [0.2, 0.25) is 0 Å². The number of nitrogens with zero attached hydrogens (tertiary/aromatic N) is 1. The van der Waals surface area contributed by atoms with Gasteiger partial charge in [-0.1, -0.05) is 58.4 Å². The summed E-state index contributed by atoms with van der Waals surface area (Å²) >= 11 is 3.48. The summed E-state index contributed by atoms with van der Waals surface area (Å²) in [6.07, 6.45) is 0.873. The molecule has 0 amide bonds. The number of halogens is 1. The van der Waals surface area contributed by atoms with Gasteiger partial charge >= 0.3 is 0 Å². The molecule has 0 bridgehead atoms. The standard InChI is InChI=1S/C20H17BrN2O/c1-24-20-11-10-16(15-4-2-3-5-17(15)20)19-12-18(22-23-19)13-6-8-14(21)9-7-13/h2-11,19,23H,12H2,1H3. The zero-order valence-electron chi connectivity index (χ0n) is 13.3. The number of hydrogen-bond acceptors (Lipinski definition) is 3. The maximum atomic E-state index is 5.49. The van der Waals surface area contributed by atoms with Crippen LogP contribution in [-0.2, 0) is 0 Å². The van der Waals surface area contributed by atoms with E-state index in [1.807, 2.05) is 24.3 Å². The summed E-state index contributed by atoms with van der Waals surface area (Å²) in [5, 5.41) is 6.91. The van der Waals surface area contributed by atoms with Gasteiger partial charge in [0.05, 0.1) is 18.9 Å². The minimum atomic E-state index is 0.180. The van der Waals surface area contributed by atoms with E-state index in [2.05, 4.69) is 62.9 Å². The van der Waals surface area contributed by atoms with Crippen LogP contribution in [-0.4, -0.2) is 12.8 Å². The lowest BCUT2D eigenvalue weighted by molar-refractivity contribution is 0.419. The molecule has 120 valence electrons. The van der Waals surface area contributed by atoms with Crippen molar-refractivity contribution in [2.75, 3.05) is 7.11 Å². The zero-order valence-corrected chi connectivity index (χ0v) is 14.9. The van der Waals surface area contributed by atoms with Gasteiger partial charge < -0.3 is 10.2 Å². The SMILES string of the molecule is COc1ccc(C2CC(c3ccc(Br)cc3)=NN2)c2ccccc12. The highest BCUT2D eigenvalue weighted by atomic mass is 79.9. The molecule has 1 atom stereocenters. The van der Waals surface area contributed by atoms with Crippen LogP contribution in [0.5, 0.6) is 5.75 Å². The van der Waals surface area contributed by atoms with Crippen LogP contribution in [0.25, 0.3) is 10.8 Å². The van der Waals surface area contributed by atoms with Crippen molar-refractivity contribution in [1.29, 1.82) is 0 Å². The number of rotatable bonds is 3.